The molecule has 4 atom stereocenters. The summed E-state index contributed by atoms with van der Waals surface area (Å²) in [6, 6.07) is 22.1. The lowest BCUT2D eigenvalue weighted by molar-refractivity contribution is -0.139. The lowest BCUT2D eigenvalue weighted by Gasteiger charge is -2.42. The molecule has 3 aromatic rings. The number of anilines is 1. The zero-order chi connectivity index (χ0) is 25.6. The maximum absolute atomic E-state index is 13.7. The van der Waals surface area contributed by atoms with Gasteiger partial charge in [0.2, 0.25) is 11.8 Å². The molecular weight excluding hydrogens is 486 g/mol. The molecule has 1 amide bonds. The average Bonchev–Trinajstić information content (AvgIpc) is 2.97. The van der Waals surface area contributed by atoms with Gasteiger partial charge in [-0.05, 0) is 36.6 Å². The minimum absolute atomic E-state index is 0.0897. The van der Waals surface area contributed by atoms with Crippen molar-refractivity contribution in [1.29, 1.82) is 5.26 Å². The number of hydrogen-bond acceptors (Lipinski definition) is 6. The maximum Gasteiger partial charge on any atom is 0.227 e. The fraction of sp³-hybridized carbons (Fsp3) is 0.379. The molecule has 37 heavy (non-hydrogen) atoms. The van der Waals surface area contributed by atoms with Crippen molar-refractivity contribution in [1.82, 2.24) is 14.9 Å². The highest BCUT2D eigenvalue weighted by Gasteiger charge is 2.40. The number of halogens is 1. The van der Waals surface area contributed by atoms with E-state index in [1.807, 2.05) is 41.3 Å². The van der Waals surface area contributed by atoms with Crippen LogP contribution in [0.25, 0.3) is 0 Å². The van der Waals surface area contributed by atoms with Gasteiger partial charge in [-0.2, -0.15) is 5.26 Å². The van der Waals surface area contributed by atoms with Crippen LogP contribution in [0, 0.1) is 29.1 Å². The number of nitriles is 1. The number of nitrogens with zero attached hydrogens (tertiary/aromatic N) is 5. The second-order valence-electron chi connectivity index (χ2n) is 9.74. The van der Waals surface area contributed by atoms with Crippen molar-refractivity contribution >= 4 is 23.3 Å². The molecule has 2 aliphatic heterocycles. The van der Waals surface area contributed by atoms with Crippen molar-refractivity contribution in [3.63, 3.8) is 0 Å². The van der Waals surface area contributed by atoms with Crippen molar-refractivity contribution < 1.29 is 9.53 Å². The van der Waals surface area contributed by atoms with E-state index < -0.39 is 0 Å². The number of hydrogen-bond donors (Lipinski definition) is 0. The molecule has 2 unspecified atom stereocenters. The van der Waals surface area contributed by atoms with Crippen LogP contribution in [0.15, 0.2) is 73.1 Å². The van der Waals surface area contributed by atoms with Gasteiger partial charge in [0, 0.05) is 56.5 Å². The number of aromatic nitrogens is 2. The highest BCUT2D eigenvalue weighted by atomic mass is 35.5. The van der Waals surface area contributed by atoms with Gasteiger partial charge in [-0.15, -0.1) is 0 Å². The van der Waals surface area contributed by atoms with E-state index in [-0.39, 0.29) is 29.6 Å². The molecule has 5 rings (SSSR count). The van der Waals surface area contributed by atoms with Crippen molar-refractivity contribution in [2.75, 3.05) is 37.7 Å². The minimum Gasteiger partial charge on any atom is -0.477 e. The number of ether oxygens (including phenoxy) is 1. The van der Waals surface area contributed by atoms with Gasteiger partial charge in [-0.3, -0.25) is 4.79 Å². The molecule has 0 bridgehead atoms. The lowest BCUT2D eigenvalue weighted by atomic mass is 9.79. The maximum atomic E-state index is 13.7. The number of likely N-dealkylation sites (tertiary alicyclic amines) is 1. The summed E-state index contributed by atoms with van der Waals surface area (Å²) in [4.78, 5) is 26.5. The van der Waals surface area contributed by atoms with E-state index in [4.69, 9.17) is 16.3 Å². The van der Waals surface area contributed by atoms with Crippen LogP contribution in [0.1, 0.15) is 24.3 Å². The molecule has 2 aliphatic rings. The van der Waals surface area contributed by atoms with E-state index in [0.29, 0.717) is 50.1 Å². The van der Waals surface area contributed by atoms with Gasteiger partial charge in [0.25, 0.3) is 0 Å². The second kappa shape index (κ2) is 11.6. The van der Waals surface area contributed by atoms with Crippen LogP contribution >= 0.6 is 11.6 Å². The Hall–Kier alpha value is -3.63. The summed E-state index contributed by atoms with van der Waals surface area (Å²) in [6.45, 7) is 3.02. The van der Waals surface area contributed by atoms with Crippen LogP contribution in [0.2, 0.25) is 5.02 Å². The Kier molecular flexibility index (Phi) is 7.86. The third kappa shape index (κ3) is 5.86. The fourth-order valence-electron chi connectivity index (χ4n) is 5.48. The summed E-state index contributed by atoms with van der Waals surface area (Å²) in [5.41, 5.74) is 1.19. The summed E-state index contributed by atoms with van der Waals surface area (Å²) in [5, 5.41) is 10.5. The highest BCUT2D eigenvalue weighted by molar-refractivity contribution is 6.30. The molecule has 4 heterocycles. The monoisotopic (exact) mass is 515 g/mol. The molecule has 2 aromatic heterocycles. The predicted molar refractivity (Wildman–Crippen MR) is 142 cm³/mol. The number of amides is 1. The van der Waals surface area contributed by atoms with E-state index in [1.165, 1.54) is 5.56 Å². The SMILES string of the molecule is N#CC1CN(c2ccccn2)CCC1C(=O)N1CC[C@H](COc2ccc(Cl)cn2)[C@@H](c2ccccc2)C1. The molecule has 8 heteroatoms. The average molecular weight is 516 g/mol. The number of rotatable bonds is 6. The zero-order valence-electron chi connectivity index (χ0n) is 20.6. The molecule has 0 saturated carbocycles. The van der Waals surface area contributed by atoms with Crippen LogP contribution < -0.4 is 9.64 Å². The Morgan fingerprint density at radius 2 is 1.86 bits per heavy atom. The van der Waals surface area contributed by atoms with Crippen molar-refractivity contribution in [3.05, 3.63) is 83.6 Å². The molecule has 190 valence electrons. The van der Waals surface area contributed by atoms with Crippen molar-refractivity contribution in [2.24, 2.45) is 17.8 Å². The number of piperidine rings is 2. The number of carbonyl (C=O) groups excluding carboxylic acids is 1. The van der Waals surface area contributed by atoms with Crippen molar-refractivity contribution in [3.8, 4) is 11.9 Å². The van der Waals surface area contributed by atoms with Crippen LogP contribution in [0.5, 0.6) is 5.88 Å². The van der Waals surface area contributed by atoms with Crippen molar-refractivity contribution in [2.45, 2.75) is 18.8 Å². The molecule has 0 aliphatic carbocycles. The first-order valence-electron chi connectivity index (χ1n) is 12.8. The van der Waals surface area contributed by atoms with Gasteiger partial charge >= 0.3 is 0 Å². The Labute approximate surface area is 222 Å². The summed E-state index contributed by atoms with van der Waals surface area (Å²) < 4.78 is 6.02. The topological polar surface area (TPSA) is 82.4 Å². The van der Waals surface area contributed by atoms with Gasteiger partial charge < -0.3 is 14.5 Å². The summed E-state index contributed by atoms with van der Waals surface area (Å²) in [7, 11) is 0. The number of pyridine rings is 2. The molecular formula is C29H30ClN5O2. The predicted octanol–water partition coefficient (Wildman–Crippen LogP) is 4.81. The number of benzene rings is 1. The second-order valence-corrected chi connectivity index (χ2v) is 10.2. The van der Waals surface area contributed by atoms with Gasteiger partial charge in [0.15, 0.2) is 0 Å². The normalized spacial score (nSPS) is 23.8. The van der Waals surface area contributed by atoms with E-state index in [0.717, 1.165) is 12.2 Å². The Morgan fingerprint density at radius 3 is 2.59 bits per heavy atom. The molecule has 7 nitrogen and oxygen atoms in total. The van der Waals surface area contributed by atoms with E-state index >= 15 is 0 Å². The quantitative estimate of drug-likeness (QED) is 0.468. The first kappa shape index (κ1) is 25.0. The largest absolute Gasteiger partial charge is 0.477 e. The summed E-state index contributed by atoms with van der Waals surface area (Å²) >= 11 is 5.95. The third-order valence-electron chi connectivity index (χ3n) is 7.51. The minimum atomic E-state index is -0.365. The first-order chi connectivity index (χ1) is 18.1. The highest BCUT2D eigenvalue weighted by Crippen LogP contribution is 2.35. The van der Waals surface area contributed by atoms with E-state index in [1.54, 1.807) is 24.5 Å². The Bertz CT molecular complexity index is 1220. The van der Waals surface area contributed by atoms with Crippen LogP contribution in [-0.2, 0) is 4.79 Å². The van der Waals surface area contributed by atoms with E-state index in [9.17, 15) is 10.1 Å². The molecule has 0 radical (unpaired) electrons. The van der Waals surface area contributed by atoms with Gasteiger partial charge in [0.05, 0.1) is 29.5 Å². The van der Waals surface area contributed by atoms with Crippen LogP contribution in [-0.4, -0.2) is 53.6 Å². The zero-order valence-corrected chi connectivity index (χ0v) is 21.4. The molecule has 0 N–H and O–H groups in total. The standard InChI is InChI=1S/C29H30ClN5O2/c30-24-9-10-28(33-17-24)37-20-22-11-14-35(19-26(22)21-6-2-1-3-7-21)29(36)25-12-15-34(18-23(25)16-31)27-8-4-5-13-32-27/h1-10,13,17,22-23,25-26H,11-12,14-15,18-20H2/t22-,23?,25?,26-/m1/s1. The number of carbonyl (C=O) groups is 1. The third-order valence-corrected chi connectivity index (χ3v) is 7.73. The molecule has 2 fully saturated rings. The lowest BCUT2D eigenvalue weighted by Crippen LogP contribution is -2.51. The Morgan fingerprint density at radius 1 is 1.03 bits per heavy atom. The van der Waals surface area contributed by atoms with Crippen LogP contribution in [0.4, 0.5) is 5.82 Å². The van der Waals surface area contributed by atoms with Gasteiger partial charge in [-0.25, -0.2) is 9.97 Å². The summed E-state index contributed by atoms with van der Waals surface area (Å²) in [5.74, 6) is 1.21. The molecule has 1 aromatic carbocycles. The van der Waals surface area contributed by atoms with Gasteiger partial charge in [-0.1, -0.05) is 48.0 Å². The fourth-order valence-corrected chi connectivity index (χ4v) is 5.59. The van der Waals surface area contributed by atoms with E-state index in [2.05, 4.69) is 33.1 Å². The summed E-state index contributed by atoms with van der Waals surface area (Å²) in [6.07, 6.45) is 4.81. The van der Waals surface area contributed by atoms with Gasteiger partial charge in [0.1, 0.15) is 5.82 Å². The first-order valence-corrected chi connectivity index (χ1v) is 13.1. The smallest absolute Gasteiger partial charge is 0.227 e. The van der Waals surface area contributed by atoms with Crippen LogP contribution in [0.3, 0.4) is 0 Å². The molecule has 2 saturated heterocycles. The molecule has 0 spiro atoms. The Balaban J connectivity index is 1.27.